The van der Waals surface area contributed by atoms with Crippen molar-refractivity contribution in [2.24, 2.45) is 0 Å². The van der Waals surface area contributed by atoms with Crippen LogP contribution in [0.15, 0.2) is 54.6 Å². The molecular formula is C22H25N3O4S. The molecule has 2 aromatic rings. The first-order valence-electron chi connectivity index (χ1n) is 9.55. The van der Waals surface area contributed by atoms with E-state index in [4.69, 9.17) is 17.0 Å². The Balaban J connectivity index is 1.97. The maximum atomic E-state index is 12.9. The van der Waals surface area contributed by atoms with Crippen molar-refractivity contribution in [3.05, 3.63) is 65.7 Å². The number of amides is 2. The van der Waals surface area contributed by atoms with Gasteiger partial charge in [0, 0.05) is 20.0 Å². The van der Waals surface area contributed by atoms with Gasteiger partial charge in [-0.15, -0.1) is 0 Å². The number of carbonyl (C=O) groups is 3. The minimum atomic E-state index is -0.441. The average Bonchev–Trinajstić information content (AvgIpc) is 2.73. The molecule has 0 bridgehead atoms. The van der Waals surface area contributed by atoms with E-state index in [0.29, 0.717) is 17.8 Å². The van der Waals surface area contributed by atoms with Gasteiger partial charge >= 0.3 is 5.97 Å². The number of esters is 1. The lowest BCUT2D eigenvalue weighted by Crippen LogP contribution is -2.35. The van der Waals surface area contributed by atoms with Crippen LogP contribution in [-0.2, 0) is 20.9 Å². The summed E-state index contributed by atoms with van der Waals surface area (Å²) in [6.45, 7) is 2.43. The molecule has 0 spiro atoms. The van der Waals surface area contributed by atoms with E-state index in [-0.39, 0.29) is 30.5 Å². The Bertz CT molecular complexity index is 902. The Morgan fingerprint density at radius 1 is 1.00 bits per heavy atom. The van der Waals surface area contributed by atoms with Crippen molar-refractivity contribution in [2.45, 2.75) is 26.3 Å². The number of rotatable bonds is 8. The van der Waals surface area contributed by atoms with Gasteiger partial charge in [0.05, 0.1) is 24.3 Å². The van der Waals surface area contributed by atoms with Gasteiger partial charge in [-0.25, -0.2) is 0 Å². The van der Waals surface area contributed by atoms with E-state index < -0.39 is 11.9 Å². The predicted molar refractivity (Wildman–Crippen MR) is 119 cm³/mol. The number of nitrogens with one attached hydrogen (secondary N) is 2. The van der Waals surface area contributed by atoms with Crippen molar-refractivity contribution >= 4 is 40.8 Å². The van der Waals surface area contributed by atoms with Crippen molar-refractivity contribution in [1.82, 2.24) is 10.2 Å². The fraction of sp³-hybridized carbons (Fsp3) is 0.273. The third-order valence-electron chi connectivity index (χ3n) is 4.13. The molecule has 0 saturated heterocycles. The zero-order valence-corrected chi connectivity index (χ0v) is 17.8. The fourth-order valence-corrected chi connectivity index (χ4v) is 2.93. The maximum Gasteiger partial charge on any atom is 0.306 e. The third-order valence-corrected chi connectivity index (χ3v) is 4.33. The van der Waals surface area contributed by atoms with Crippen molar-refractivity contribution < 1.29 is 19.1 Å². The van der Waals surface area contributed by atoms with E-state index in [1.54, 1.807) is 43.1 Å². The van der Waals surface area contributed by atoms with Crippen LogP contribution in [0, 0.1) is 0 Å². The Labute approximate surface area is 181 Å². The van der Waals surface area contributed by atoms with E-state index >= 15 is 0 Å². The standard InChI is InChI=1S/C22H25N3O4S/c1-3-29-20(27)14-13-19(26)24-22(30)23-18-12-8-7-11-17(18)21(28)25(2)15-16-9-5-4-6-10-16/h4-12H,3,13-15H2,1-2H3,(H2,23,24,26,30). The first-order chi connectivity index (χ1) is 14.4. The van der Waals surface area contributed by atoms with E-state index in [9.17, 15) is 14.4 Å². The first kappa shape index (κ1) is 23.0. The highest BCUT2D eigenvalue weighted by atomic mass is 32.1. The van der Waals surface area contributed by atoms with Gasteiger partial charge in [0.1, 0.15) is 0 Å². The quantitative estimate of drug-likeness (QED) is 0.497. The van der Waals surface area contributed by atoms with Crippen LogP contribution in [-0.4, -0.2) is 41.5 Å². The summed E-state index contributed by atoms with van der Waals surface area (Å²) in [6, 6.07) is 16.6. The van der Waals surface area contributed by atoms with Gasteiger partial charge in [0.25, 0.3) is 5.91 Å². The minimum Gasteiger partial charge on any atom is -0.466 e. The number of nitrogens with zero attached hydrogens (tertiary/aromatic N) is 1. The van der Waals surface area contributed by atoms with E-state index in [1.807, 2.05) is 30.3 Å². The van der Waals surface area contributed by atoms with Crippen LogP contribution in [0.5, 0.6) is 0 Å². The molecule has 0 fully saturated rings. The second-order valence-corrected chi connectivity index (χ2v) is 6.91. The van der Waals surface area contributed by atoms with Gasteiger partial charge in [-0.05, 0) is 36.8 Å². The third kappa shape index (κ3) is 7.29. The minimum absolute atomic E-state index is 0.0262. The Morgan fingerprint density at radius 3 is 2.37 bits per heavy atom. The monoisotopic (exact) mass is 427 g/mol. The summed E-state index contributed by atoms with van der Waals surface area (Å²) in [4.78, 5) is 37.8. The zero-order chi connectivity index (χ0) is 21.9. The van der Waals surface area contributed by atoms with Crippen LogP contribution in [0.4, 0.5) is 5.69 Å². The van der Waals surface area contributed by atoms with Crippen molar-refractivity contribution in [2.75, 3.05) is 19.0 Å². The Morgan fingerprint density at radius 2 is 1.67 bits per heavy atom. The first-order valence-corrected chi connectivity index (χ1v) is 9.96. The Hall–Kier alpha value is -3.26. The molecule has 8 heteroatoms. The van der Waals surface area contributed by atoms with Crippen LogP contribution in [0.3, 0.4) is 0 Å². The molecule has 0 atom stereocenters. The SMILES string of the molecule is CCOC(=O)CCC(=O)NC(=S)Nc1ccccc1C(=O)N(C)Cc1ccccc1. The lowest BCUT2D eigenvalue weighted by Gasteiger charge is -2.20. The normalized spacial score (nSPS) is 10.1. The number of benzene rings is 2. The van der Waals surface area contributed by atoms with Gasteiger partial charge < -0.3 is 20.3 Å². The van der Waals surface area contributed by atoms with Gasteiger partial charge in [0.15, 0.2) is 5.11 Å². The predicted octanol–water partition coefficient (Wildman–Crippen LogP) is 3.12. The molecule has 30 heavy (non-hydrogen) atoms. The highest BCUT2D eigenvalue weighted by Crippen LogP contribution is 2.18. The largest absolute Gasteiger partial charge is 0.466 e. The molecule has 0 unspecified atom stereocenters. The summed E-state index contributed by atoms with van der Waals surface area (Å²) < 4.78 is 4.79. The molecule has 0 heterocycles. The summed E-state index contributed by atoms with van der Waals surface area (Å²) >= 11 is 5.18. The molecule has 0 radical (unpaired) electrons. The molecule has 2 N–H and O–H groups in total. The van der Waals surface area contributed by atoms with Crippen LogP contribution in [0.1, 0.15) is 35.7 Å². The maximum absolute atomic E-state index is 12.9. The van der Waals surface area contributed by atoms with Gasteiger partial charge in [-0.3, -0.25) is 14.4 Å². The number of para-hydroxylation sites is 1. The highest BCUT2D eigenvalue weighted by Gasteiger charge is 2.17. The second kappa shape index (κ2) is 11.7. The number of carbonyl (C=O) groups excluding carboxylic acids is 3. The summed E-state index contributed by atoms with van der Waals surface area (Å²) in [7, 11) is 1.72. The molecule has 0 aliphatic carbocycles. The summed E-state index contributed by atoms with van der Waals surface area (Å²) in [5, 5.41) is 5.45. The molecule has 0 aliphatic heterocycles. The molecule has 2 amide bonds. The smallest absolute Gasteiger partial charge is 0.306 e. The second-order valence-electron chi connectivity index (χ2n) is 6.50. The summed E-state index contributed by atoms with van der Waals surface area (Å²) in [5.74, 6) is -1.03. The number of ether oxygens (including phenoxy) is 1. The van der Waals surface area contributed by atoms with Crippen LogP contribution in [0.2, 0.25) is 0 Å². The lowest BCUT2D eigenvalue weighted by atomic mass is 10.1. The number of hydrogen-bond acceptors (Lipinski definition) is 5. The van der Waals surface area contributed by atoms with Gasteiger partial charge in [-0.1, -0.05) is 42.5 Å². The van der Waals surface area contributed by atoms with Crippen molar-refractivity contribution in [3.8, 4) is 0 Å². The zero-order valence-electron chi connectivity index (χ0n) is 17.0. The molecule has 0 aromatic heterocycles. The summed E-state index contributed by atoms with van der Waals surface area (Å²) in [5.41, 5.74) is 1.93. The van der Waals surface area contributed by atoms with E-state index in [2.05, 4.69) is 10.6 Å². The molecule has 7 nitrogen and oxygen atoms in total. The van der Waals surface area contributed by atoms with Crippen LogP contribution >= 0.6 is 12.2 Å². The fourth-order valence-electron chi connectivity index (χ4n) is 2.70. The molecule has 2 aromatic carbocycles. The topological polar surface area (TPSA) is 87.7 Å². The van der Waals surface area contributed by atoms with Crippen molar-refractivity contribution in [3.63, 3.8) is 0 Å². The average molecular weight is 428 g/mol. The van der Waals surface area contributed by atoms with Crippen LogP contribution in [0.25, 0.3) is 0 Å². The molecular weight excluding hydrogens is 402 g/mol. The molecule has 158 valence electrons. The summed E-state index contributed by atoms with van der Waals surface area (Å²) in [6.07, 6.45) is -0.0668. The van der Waals surface area contributed by atoms with Crippen molar-refractivity contribution in [1.29, 1.82) is 0 Å². The highest BCUT2D eigenvalue weighted by molar-refractivity contribution is 7.80. The van der Waals surface area contributed by atoms with E-state index in [0.717, 1.165) is 5.56 Å². The lowest BCUT2D eigenvalue weighted by molar-refractivity contribution is -0.144. The van der Waals surface area contributed by atoms with E-state index in [1.165, 1.54) is 0 Å². The molecule has 0 aliphatic rings. The Kier molecular flexibility index (Phi) is 8.96. The number of anilines is 1. The van der Waals surface area contributed by atoms with Gasteiger partial charge in [0.2, 0.25) is 5.91 Å². The molecule has 0 saturated carbocycles. The van der Waals surface area contributed by atoms with Gasteiger partial charge in [-0.2, -0.15) is 0 Å². The van der Waals surface area contributed by atoms with Crippen LogP contribution < -0.4 is 10.6 Å². The number of thiocarbonyl (C=S) groups is 1. The number of hydrogen-bond donors (Lipinski definition) is 2. The molecule has 2 rings (SSSR count).